The van der Waals surface area contributed by atoms with E-state index in [0.717, 1.165) is 17.3 Å². The molecule has 0 fully saturated rings. The third kappa shape index (κ3) is 5.96. The fourth-order valence-corrected chi connectivity index (χ4v) is 3.71. The van der Waals surface area contributed by atoms with Gasteiger partial charge in [0, 0.05) is 19.7 Å². The highest BCUT2D eigenvalue weighted by molar-refractivity contribution is 8.13. The Hall–Kier alpha value is -2.60. The lowest BCUT2D eigenvalue weighted by molar-refractivity contribution is -0.153. The quantitative estimate of drug-likeness (QED) is 0.636. The van der Waals surface area contributed by atoms with Crippen LogP contribution in [0.1, 0.15) is 24.1 Å². The molecule has 0 saturated carbocycles. The van der Waals surface area contributed by atoms with E-state index in [2.05, 4.69) is 0 Å². The molecule has 0 radical (unpaired) electrons. The van der Waals surface area contributed by atoms with E-state index in [1.807, 2.05) is 48.5 Å². The molecule has 28 heavy (non-hydrogen) atoms. The van der Waals surface area contributed by atoms with Gasteiger partial charge in [-0.1, -0.05) is 72.4 Å². The predicted molar refractivity (Wildman–Crippen MR) is 111 cm³/mol. The summed E-state index contributed by atoms with van der Waals surface area (Å²) in [5, 5.41) is -0.0407. The van der Waals surface area contributed by atoms with E-state index in [-0.39, 0.29) is 11.0 Å². The molecule has 148 valence electrons. The second kappa shape index (κ2) is 10.7. The molecule has 0 aliphatic carbocycles. The lowest BCUT2D eigenvalue weighted by atomic mass is 9.98. The standard InChI is InChI=1S/C22H25NO4S/c1-16(24)28-15-19(14-17-10-6-4-7-11-17)21(25)23(2)20(22(26)27-3)18-12-8-5-9-13-18/h4-13,19-20H,14-15H2,1-3H3. The smallest absolute Gasteiger partial charge is 0.333 e. The molecule has 0 aromatic heterocycles. The number of benzene rings is 2. The van der Waals surface area contributed by atoms with Crippen LogP contribution in [0.25, 0.3) is 0 Å². The maximum Gasteiger partial charge on any atom is 0.333 e. The number of rotatable bonds is 8. The summed E-state index contributed by atoms with van der Waals surface area (Å²) in [7, 11) is 2.91. The van der Waals surface area contributed by atoms with Crippen LogP contribution in [0.15, 0.2) is 60.7 Å². The minimum absolute atomic E-state index is 0.0407. The molecule has 0 heterocycles. The summed E-state index contributed by atoms with van der Waals surface area (Å²) in [5.74, 6) is -0.774. The maximum absolute atomic E-state index is 13.3. The Morgan fingerprint density at radius 2 is 1.57 bits per heavy atom. The van der Waals surface area contributed by atoms with E-state index >= 15 is 0 Å². The summed E-state index contributed by atoms with van der Waals surface area (Å²) in [5.41, 5.74) is 1.69. The molecule has 2 aromatic carbocycles. The lowest BCUT2D eigenvalue weighted by Crippen LogP contribution is -2.41. The third-order valence-corrected chi connectivity index (χ3v) is 5.41. The Morgan fingerprint density at radius 1 is 1.00 bits per heavy atom. The molecule has 0 saturated heterocycles. The van der Waals surface area contributed by atoms with Gasteiger partial charge in [0.25, 0.3) is 0 Å². The minimum Gasteiger partial charge on any atom is -0.467 e. The van der Waals surface area contributed by atoms with Crippen molar-refractivity contribution in [1.29, 1.82) is 0 Å². The number of hydrogen-bond donors (Lipinski definition) is 0. The zero-order valence-electron chi connectivity index (χ0n) is 16.3. The number of amides is 1. The topological polar surface area (TPSA) is 63.7 Å². The van der Waals surface area contributed by atoms with E-state index in [0.29, 0.717) is 17.7 Å². The SMILES string of the molecule is COC(=O)C(c1ccccc1)N(C)C(=O)C(CSC(C)=O)Cc1ccccc1. The van der Waals surface area contributed by atoms with Gasteiger partial charge in [-0.25, -0.2) is 4.79 Å². The normalized spacial score (nSPS) is 12.7. The zero-order chi connectivity index (χ0) is 20.5. The Kier molecular flexibility index (Phi) is 8.26. The molecule has 0 N–H and O–H groups in total. The first-order valence-corrected chi connectivity index (χ1v) is 9.99. The van der Waals surface area contributed by atoms with Crippen LogP contribution in [0.2, 0.25) is 0 Å². The molecule has 2 rings (SSSR count). The average Bonchev–Trinajstić information content (AvgIpc) is 2.71. The van der Waals surface area contributed by atoms with Crippen molar-refractivity contribution in [3.8, 4) is 0 Å². The van der Waals surface area contributed by atoms with Gasteiger partial charge in [-0.05, 0) is 17.5 Å². The summed E-state index contributed by atoms with van der Waals surface area (Å²) < 4.78 is 4.94. The first-order chi connectivity index (χ1) is 13.4. The van der Waals surface area contributed by atoms with E-state index in [4.69, 9.17) is 4.74 Å². The van der Waals surface area contributed by atoms with Crippen molar-refractivity contribution in [3.63, 3.8) is 0 Å². The highest BCUT2D eigenvalue weighted by Crippen LogP contribution is 2.25. The summed E-state index contributed by atoms with van der Waals surface area (Å²) in [6.45, 7) is 1.49. The number of nitrogens with zero attached hydrogens (tertiary/aromatic N) is 1. The van der Waals surface area contributed by atoms with Crippen LogP contribution in [0.3, 0.4) is 0 Å². The van der Waals surface area contributed by atoms with E-state index in [9.17, 15) is 14.4 Å². The summed E-state index contributed by atoms with van der Waals surface area (Å²) in [6, 6.07) is 17.9. The first kappa shape index (κ1) is 21.7. The molecule has 0 aliphatic heterocycles. The van der Waals surface area contributed by atoms with Gasteiger partial charge in [-0.2, -0.15) is 0 Å². The van der Waals surface area contributed by atoms with Crippen LogP contribution in [-0.4, -0.2) is 41.8 Å². The van der Waals surface area contributed by atoms with Gasteiger partial charge in [0.1, 0.15) is 0 Å². The Labute approximate surface area is 170 Å². The fourth-order valence-electron chi connectivity index (χ4n) is 3.01. The van der Waals surface area contributed by atoms with Gasteiger partial charge in [0.05, 0.1) is 13.0 Å². The number of carbonyl (C=O) groups excluding carboxylic acids is 3. The van der Waals surface area contributed by atoms with Crippen LogP contribution < -0.4 is 0 Å². The largest absolute Gasteiger partial charge is 0.467 e. The van der Waals surface area contributed by atoms with Crippen molar-refractivity contribution in [3.05, 3.63) is 71.8 Å². The van der Waals surface area contributed by atoms with E-state index in [1.54, 1.807) is 19.2 Å². The van der Waals surface area contributed by atoms with E-state index in [1.165, 1.54) is 18.9 Å². The number of hydrogen-bond acceptors (Lipinski definition) is 5. The van der Waals surface area contributed by atoms with Gasteiger partial charge in [-0.15, -0.1) is 0 Å². The molecular weight excluding hydrogens is 374 g/mol. The lowest BCUT2D eigenvalue weighted by Gasteiger charge is -2.30. The molecule has 2 atom stereocenters. The van der Waals surface area contributed by atoms with Crippen LogP contribution in [0, 0.1) is 5.92 Å². The number of likely N-dealkylation sites (N-methyl/N-ethyl adjacent to an activating group) is 1. The first-order valence-electron chi connectivity index (χ1n) is 9.00. The highest BCUT2D eigenvalue weighted by atomic mass is 32.2. The van der Waals surface area contributed by atoms with Crippen molar-refractivity contribution < 1.29 is 19.1 Å². The maximum atomic E-state index is 13.3. The van der Waals surface area contributed by atoms with Crippen LogP contribution in [0.4, 0.5) is 0 Å². The Balaban J connectivity index is 2.28. The van der Waals surface area contributed by atoms with E-state index < -0.39 is 17.9 Å². The summed E-state index contributed by atoms with van der Waals surface area (Å²) in [6.07, 6.45) is 0.493. The van der Waals surface area contributed by atoms with Crippen LogP contribution >= 0.6 is 11.8 Å². The van der Waals surface area contributed by atoms with Gasteiger partial charge in [0.2, 0.25) is 5.91 Å². The van der Waals surface area contributed by atoms with Crippen LogP contribution in [-0.2, 0) is 25.5 Å². The molecule has 0 spiro atoms. The molecule has 5 nitrogen and oxygen atoms in total. The van der Waals surface area contributed by atoms with Crippen molar-refractivity contribution in [2.45, 2.75) is 19.4 Å². The average molecular weight is 400 g/mol. The molecule has 6 heteroatoms. The number of methoxy groups -OCH3 is 1. The number of ether oxygens (including phenoxy) is 1. The highest BCUT2D eigenvalue weighted by Gasteiger charge is 2.33. The summed E-state index contributed by atoms with van der Waals surface area (Å²) in [4.78, 5) is 38.6. The van der Waals surface area contributed by atoms with Gasteiger partial charge >= 0.3 is 5.97 Å². The molecule has 2 unspecified atom stereocenters. The molecule has 0 aliphatic rings. The Morgan fingerprint density at radius 3 is 2.11 bits per heavy atom. The van der Waals surface area contributed by atoms with Crippen molar-refractivity contribution in [2.75, 3.05) is 19.9 Å². The number of esters is 1. The second-order valence-electron chi connectivity index (χ2n) is 6.47. The van der Waals surface area contributed by atoms with Gasteiger partial charge < -0.3 is 9.64 Å². The summed E-state index contributed by atoms with van der Waals surface area (Å²) >= 11 is 1.12. The number of thioether (sulfide) groups is 1. The minimum atomic E-state index is -0.834. The zero-order valence-corrected chi connectivity index (χ0v) is 17.1. The third-order valence-electron chi connectivity index (χ3n) is 4.44. The van der Waals surface area contributed by atoms with Crippen molar-refractivity contribution in [1.82, 2.24) is 4.90 Å². The van der Waals surface area contributed by atoms with Crippen molar-refractivity contribution in [2.24, 2.45) is 5.92 Å². The predicted octanol–water partition coefficient (Wildman–Crippen LogP) is 3.50. The second-order valence-corrected chi connectivity index (χ2v) is 7.67. The van der Waals surface area contributed by atoms with Crippen LogP contribution in [0.5, 0.6) is 0 Å². The van der Waals surface area contributed by atoms with Crippen molar-refractivity contribution >= 4 is 28.8 Å². The molecule has 0 bridgehead atoms. The fraction of sp³-hybridized carbons (Fsp3) is 0.318. The molecule has 2 aromatic rings. The molecular formula is C22H25NO4S. The Bertz CT molecular complexity index is 795. The monoisotopic (exact) mass is 399 g/mol. The number of carbonyl (C=O) groups is 3. The van der Waals surface area contributed by atoms with Gasteiger partial charge in [-0.3, -0.25) is 9.59 Å². The van der Waals surface area contributed by atoms with Gasteiger partial charge in [0.15, 0.2) is 11.2 Å². The molecule has 1 amide bonds.